The third-order valence-corrected chi connectivity index (χ3v) is 6.83. The van der Waals surface area contributed by atoms with Crippen molar-refractivity contribution >= 4 is 23.3 Å². The highest BCUT2D eigenvalue weighted by molar-refractivity contribution is 6.23. The van der Waals surface area contributed by atoms with Gasteiger partial charge in [-0.3, -0.25) is 19.1 Å². The number of aromatic nitrogens is 2. The largest absolute Gasteiger partial charge is 0.423 e. The molecule has 1 aromatic heterocycles. The Bertz CT molecular complexity index is 1780. The van der Waals surface area contributed by atoms with E-state index >= 15 is 0 Å². The topological polar surface area (TPSA) is 110 Å². The number of H-pyrrole nitrogens is 1. The van der Waals surface area contributed by atoms with Crippen LogP contribution in [0.5, 0.6) is 5.75 Å². The Morgan fingerprint density at radius 3 is 2.41 bits per heavy atom. The van der Waals surface area contributed by atoms with E-state index in [1.807, 2.05) is 31.2 Å². The normalized spacial score (nSPS) is 15.5. The molecule has 2 aliphatic rings. The number of hydrogen-bond donors (Lipinski definition) is 2. The van der Waals surface area contributed by atoms with Crippen molar-refractivity contribution in [3.8, 4) is 5.75 Å². The van der Waals surface area contributed by atoms with Crippen LogP contribution >= 0.6 is 0 Å². The first-order valence-electron chi connectivity index (χ1n) is 11.7. The standard InChI is InChI=1S/C29H21N3O5/c1-15-10-12-16(13-11-15)28(35)37-18-7-5-6-17(14-18)21-22-24(19-8-3-4-9-20(19)25(22)33)30-26-23(21)27(34)31-29(36)32(26)2/h3-14,21,30H,1-2H3,(H,31,34,36). The molecule has 2 heterocycles. The van der Waals surface area contributed by atoms with Gasteiger partial charge in [-0.2, -0.15) is 0 Å². The lowest BCUT2D eigenvalue weighted by Gasteiger charge is -2.29. The van der Waals surface area contributed by atoms with E-state index in [-0.39, 0.29) is 17.1 Å². The lowest BCUT2D eigenvalue weighted by molar-refractivity contribution is 0.0734. The summed E-state index contributed by atoms with van der Waals surface area (Å²) in [5.41, 5.74) is 3.26. The Balaban J connectivity index is 1.50. The second-order valence-corrected chi connectivity index (χ2v) is 9.13. The monoisotopic (exact) mass is 491 g/mol. The number of aromatic amines is 1. The van der Waals surface area contributed by atoms with Gasteiger partial charge in [0.05, 0.1) is 16.8 Å². The highest BCUT2D eigenvalue weighted by Crippen LogP contribution is 2.48. The van der Waals surface area contributed by atoms with Crippen LogP contribution in [-0.2, 0) is 7.05 Å². The molecule has 0 saturated heterocycles. The van der Waals surface area contributed by atoms with E-state index in [1.54, 1.807) is 55.6 Å². The van der Waals surface area contributed by atoms with Crippen molar-refractivity contribution in [2.45, 2.75) is 12.8 Å². The van der Waals surface area contributed by atoms with Gasteiger partial charge >= 0.3 is 11.7 Å². The first-order chi connectivity index (χ1) is 17.8. The molecule has 0 fully saturated rings. The minimum Gasteiger partial charge on any atom is -0.423 e. The van der Waals surface area contributed by atoms with Crippen molar-refractivity contribution in [3.05, 3.63) is 133 Å². The fourth-order valence-corrected chi connectivity index (χ4v) is 4.98. The number of nitrogens with one attached hydrogen (secondary N) is 2. The number of ether oxygens (including phenoxy) is 1. The molecule has 1 aliphatic heterocycles. The molecule has 0 amide bonds. The number of ketones is 1. The number of anilines is 1. The van der Waals surface area contributed by atoms with Gasteiger partial charge in [0.2, 0.25) is 0 Å². The molecule has 0 saturated carbocycles. The number of hydrogen-bond acceptors (Lipinski definition) is 6. The van der Waals surface area contributed by atoms with Gasteiger partial charge in [-0.15, -0.1) is 0 Å². The number of nitrogens with zero attached hydrogens (tertiary/aromatic N) is 1. The Labute approximate surface area is 210 Å². The van der Waals surface area contributed by atoms with Crippen LogP contribution in [0.15, 0.2) is 88.0 Å². The SMILES string of the molecule is Cc1ccc(C(=O)Oc2cccc(C3C4=C(Nc5c3c(=O)[nH]c(=O)n5C)c3ccccc3C4=O)c2)cc1. The van der Waals surface area contributed by atoms with Crippen LogP contribution < -0.4 is 21.3 Å². The average Bonchev–Trinajstić information content (AvgIpc) is 3.18. The van der Waals surface area contributed by atoms with Crippen LogP contribution in [0.25, 0.3) is 5.70 Å². The first-order valence-corrected chi connectivity index (χ1v) is 11.7. The first kappa shape index (κ1) is 22.5. The van der Waals surface area contributed by atoms with E-state index in [2.05, 4.69) is 10.3 Å². The summed E-state index contributed by atoms with van der Waals surface area (Å²) in [7, 11) is 1.55. The van der Waals surface area contributed by atoms with E-state index in [0.717, 1.165) is 5.56 Å². The molecule has 0 spiro atoms. The molecule has 182 valence electrons. The summed E-state index contributed by atoms with van der Waals surface area (Å²) < 4.78 is 6.96. The van der Waals surface area contributed by atoms with Gasteiger partial charge in [-0.25, -0.2) is 9.59 Å². The smallest absolute Gasteiger partial charge is 0.343 e. The van der Waals surface area contributed by atoms with Crippen LogP contribution in [0.4, 0.5) is 5.82 Å². The van der Waals surface area contributed by atoms with E-state index in [4.69, 9.17) is 4.74 Å². The zero-order valence-electron chi connectivity index (χ0n) is 20.0. The number of benzene rings is 3. The molecule has 0 radical (unpaired) electrons. The highest BCUT2D eigenvalue weighted by atomic mass is 16.5. The molecule has 4 aromatic rings. The van der Waals surface area contributed by atoms with Gasteiger partial charge in [0.15, 0.2) is 5.78 Å². The second-order valence-electron chi connectivity index (χ2n) is 9.13. The fraction of sp³-hybridized carbons (Fsp3) is 0.103. The van der Waals surface area contributed by atoms with Crippen molar-refractivity contribution in [2.24, 2.45) is 7.05 Å². The van der Waals surface area contributed by atoms with Gasteiger partial charge in [0, 0.05) is 29.7 Å². The molecule has 37 heavy (non-hydrogen) atoms. The van der Waals surface area contributed by atoms with E-state index in [9.17, 15) is 19.2 Å². The molecule has 6 rings (SSSR count). The average molecular weight is 492 g/mol. The molecule has 1 unspecified atom stereocenters. The number of esters is 1. The molecule has 2 N–H and O–H groups in total. The summed E-state index contributed by atoms with van der Waals surface area (Å²) in [5, 5.41) is 3.18. The molecule has 0 bridgehead atoms. The minimum absolute atomic E-state index is 0.205. The van der Waals surface area contributed by atoms with Crippen LogP contribution in [0.3, 0.4) is 0 Å². The molecular formula is C29H21N3O5. The number of fused-ring (bicyclic) bond motifs is 3. The summed E-state index contributed by atoms with van der Waals surface area (Å²) >= 11 is 0. The summed E-state index contributed by atoms with van der Waals surface area (Å²) in [6.45, 7) is 1.93. The summed E-state index contributed by atoms with van der Waals surface area (Å²) in [6, 6.07) is 21.0. The highest BCUT2D eigenvalue weighted by Gasteiger charge is 2.42. The zero-order valence-corrected chi connectivity index (χ0v) is 20.0. The van der Waals surface area contributed by atoms with Gasteiger partial charge in [0.1, 0.15) is 11.6 Å². The molecule has 8 heteroatoms. The van der Waals surface area contributed by atoms with Crippen molar-refractivity contribution < 1.29 is 14.3 Å². The van der Waals surface area contributed by atoms with Crippen molar-refractivity contribution in [1.29, 1.82) is 0 Å². The molecule has 1 aliphatic carbocycles. The Morgan fingerprint density at radius 1 is 0.919 bits per heavy atom. The number of carbonyl (C=O) groups is 2. The van der Waals surface area contributed by atoms with Gasteiger partial charge in [-0.1, -0.05) is 54.1 Å². The molecule has 3 aromatic carbocycles. The summed E-state index contributed by atoms with van der Waals surface area (Å²) in [6.07, 6.45) is 0. The van der Waals surface area contributed by atoms with Crippen LogP contribution in [-0.4, -0.2) is 21.3 Å². The second kappa shape index (κ2) is 8.30. The number of aryl methyl sites for hydroxylation is 1. The van der Waals surface area contributed by atoms with Gasteiger partial charge < -0.3 is 10.1 Å². The van der Waals surface area contributed by atoms with Crippen LogP contribution in [0.2, 0.25) is 0 Å². The molecule has 1 atom stereocenters. The zero-order chi connectivity index (χ0) is 25.8. The lowest BCUT2D eigenvalue weighted by Crippen LogP contribution is -2.37. The van der Waals surface area contributed by atoms with Crippen molar-refractivity contribution in [2.75, 3.05) is 5.32 Å². The van der Waals surface area contributed by atoms with E-state index in [0.29, 0.717) is 39.3 Å². The maximum absolute atomic E-state index is 13.6. The third kappa shape index (κ3) is 3.53. The number of allylic oxidation sites excluding steroid dienone is 1. The molecule has 8 nitrogen and oxygen atoms in total. The third-order valence-electron chi connectivity index (χ3n) is 6.83. The Kier molecular flexibility index (Phi) is 5.05. The number of carbonyl (C=O) groups excluding carboxylic acids is 2. The van der Waals surface area contributed by atoms with Crippen molar-refractivity contribution in [1.82, 2.24) is 9.55 Å². The molecular weight excluding hydrogens is 470 g/mol. The lowest BCUT2D eigenvalue weighted by atomic mass is 9.81. The number of rotatable bonds is 3. The Hall–Kier alpha value is -4.98. The number of Topliss-reactive ketones (excluding diaryl/α,β-unsaturated/α-hetero) is 1. The quantitative estimate of drug-likeness (QED) is 0.334. The van der Waals surface area contributed by atoms with Gasteiger partial charge in [-0.05, 0) is 36.8 Å². The fourth-order valence-electron chi connectivity index (χ4n) is 4.98. The maximum Gasteiger partial charge on any atom is 0.343 e. The minimum atomic E-state index is -0.792. The summed E-state index contributed by atoms with van der Waals surface area (Å²) in [4.78, 5) is 54.2. The summed E-state index contributed by atoms with van der Waals surface area (Å²) in [5.74, 6) is -0.935. The van der Waals surface area contributed by atoms with E-state index < -0.39 is 23.1 Å². The Morgan fingerprint density at radius 2 is 1.65 bits per heavy atom. The predicted molar refractivity (Wildman–Crippen MR) is 138 cm³/mol. The van der Waals surface area contributed by atoms with Crippen LogP contribution in [0.1, 0.15) is 48.9 Å². The maximum atomic E-state index is 13.6. The van der Waals surface area contributed by atoms with Crippen LogP contribution in [0, 0.1) is 6.92 Å². The van der Waals surface area contributed by atoms with E-state index in [1.165, 1.54) is 4.57 Å². The predicted octanol–water partition coefficient (Wildman–Crippen LogP) is 3.77. The van der Waals surface area contributed by atoms with Gasteiger partial charge in [0.25, 0.3) is 5.56 Å². The van der Waals surface area contributed by atoms with Crippen molar-refractivity contribution in [3.63, 3.8) is 0 Å².